The zero-order valence-electron chi connectivity index (χ0n) is 19.1. The summed E-state index contributed by atoms with van der Waals surface area (Å²) in [6, 6.07) is 1.70. The number of rotatable bonds is 5. The van der Waals surface area contributed by atoms with E-state index in [2.05, 4.69) is 20.7 Å². The number of alkyl halides is 3. The summed E-state index contributed by atoms with van der Waals surface area (Å²) < 4.78 is 55.0. The number of carbonyl (C=O) groups excluding carboxylic acids is 3. The summed E-state index contributed by atoms with van der Waals surface area (Å²) in [5.41, 5.74) is -0.542. The maximum atomic E-state index is 14.3. The van der Waals surface area contributed by atoms with Crippen LogP contribution in [0.3, 0.4) is 0 Å². The zero-order valence-corrected chi connectivity index (χ0v) is 19.1. The molecule has 2 heterocycles. The standard InChI is InChI=1S/C22H27F4N5O4/c1-27-19(33)31(14-3-4-14)15-7-21(8-18(32)29-11-21)12-30(10-15)20(34)28-9-13-2-5-16(6-17(13)23)35-22(24,25)26/h2,5-6,14-15H,3-4,7-12H2,1H3,(H,27,33)(H,28,34)(H,29,32)/t15-,21?/m1/s1. The fraction of sp³-hybridized carbons (Fsp3) is 0.591. The molecule has 1 unspecified atom stereocenters. The Morgan fingerprint density at radius 2 is 2.03 bits per heavy atom. The summed E-state index contributed by atoms with van der Waals surface area (Å²) >= 11 is 0. The lowest BCUT2D eigenvalue weighted by Gasteiger charge is -2.47. The highest BCUT2D eigenvalue weighted by Gasteiger charge is 2.50. The molecule has 9 nitrogen and oxygen atoms in total. The Balaban J connectivity index is 1.46. The minimum atomic E-state index is -4.94. The van der Waals surface area contributed by atoms with Crippen molar-refractivity contribution in [2.24, 2.45) is 5.41 Å². The maximum absolute atomic E-state index is 14.3. The Morgan fingerprint density at radius 3 is 2.60 bits per heavy atom. The number of halogens is 4. The topological polar surface area (TPSA) is 103 Å². The quantitative estimate of drug-likeness (QED) is 0.539. The van der Waals surface area contributed by atoms with E-state index in [0.29, 0.717) is 19.0 Å². The molecule has 3 N–H and O–H groups in total. The summed E-state index contributed by atoms with van der Waals surface area (Å²) in [4.78, 5) is 40.9. The van der Waals surface area contributed by atoms with Gasteiger partial charge in [0.15, 0.2) is 0 Å². The van der Waals surface area contributed by atoms with E-state index in [9.17, 15) is 31.9 Å². The zero-order chi connectivity index (χ0) is 25.4. The van der Waals surface area contributed by atoms with Crippen molar-refractivity contribution < 1.29 is 36.7 Å². The Morgan fingerprint density at radius 1 is 1.29 bits per heavy atom. The number of likely N-dealkylation sites (tertiary alicyclic amines) is 1. The van der Waals surface area contributed by atoms with Crippen molar-refractivity contribution in [1.82, 2.24) is 25.8 Å². The van der Waals surface area contributed by atoms with Crippen molar-refractivity contribution in [3.8, 4) is 5.75 Å². The Labute approximate surface area is 199 Å². The van der Waals surface area contributed by atoms with Crippen LogP contribution in [0.4, 0.5) is 27.2 Å². The third kappa shape index (κ3) is 5.88. The number of piperidine rings is 1. The molecule has 0 bridgehead atoms. The smallest absolute Gasteiger partial charge is 0.406 e. The monoisotopic (exact) mass is 501 g/mol. The van der Waals surface area contributed by atoms with Crippen molar-refractivity contribution in [3.63, 3.8) is 0 Å². The summed E-state index contributed by atoms with van der Waals surface area (Å²) in [7, 11) is 1.54. The van der Waals surface area contributed by atoms with Crippen molar-refractivity contribution in [3.05, 3.63) is 29.6 Å². The van der Waals surface area contributed by atoms with E-state index in [4.69, 9.17) is 0 Å². The van der Waals surface area contributed by atoms with Crippen LogP contribution in [0.15, 0.2) is 18.2 Å². The van der Waals surface area contributed by atoms with Crippen molar-refractivity contribution in [1.29, 1.82) is 0 Å². The molecule has 3 aliphatic rings. The van der Waals surface area contributed by atoms with Crippen molar-refractivity contribution >= 4 is 18.0 Å². The second-order valence-electron chi connectivity index (χ2n) is 9.35. The number of urea groups is 2. The highest BCUT2D eigenvalue weighted by atomic mass is 19.4. The van der Waals surface area contributed by atoms with Gasteiger partial charge in [0.1, 0.15) is 11.6 Å². The molecule has 4 rings (SSSR count). The molecule has 13 heteroatoms. The number of nitrogens with one attached hydrogen (secondary N) is 3. The summed E-state index contributed by atoms with van der Waals surface area (Å²) in [5, 5.41) is 8.07. The highest BCUT2D eigenvalue weighted by molar-refractivity contribution is 5.80. The van der Waals surface area contributed by atoms with E-state index in [1.54, 1.807) is 11.9 Å². The average molecular weight is 501 g/mol. The normalized spacial score (nSPS) is 24.2. The molecule has 0 aromatic heterocycles. The third-order valence-electron chi connectivity index (χ3n) is 6.58. The van der Waals surface area contributed by atoms with Gasteiger partial charge in [-0.15, -0.1) is 13.2 Å². The molecule has 1 aromatic rings. The van der Waals surface area contributed by atoms with Crippen molar-refractivity contribution in [2.45, 2.75) is 50.7 Å². The number of nitrogens with zero attached hydrogens (tertiary/aromatic N) is 2. The number of hydrogen-bond donors (Lipinski definition) is 3. The molecule has 35 heavy (non-hydrogen) atoms. The van der Waals surface area contributed by atoms with Gasteiger partial charge in [-0.05, 0) is 25.3 Å². The number of benzene rings is 1. The van der Waals surface area contributed by atoms with Gasteiger partial charge < -0.3 is 30.5 Å². The van der Waals surface area contributed by atoms with Crippen LogP contribution in [0.2, 0.25) is 0 Å². The summed E-state index contributed by atoms with van der Waals surface area (Å²) in [6.45, 7) is 0.644. The van der Waals surface area contributed by atoms with Crippen LogP contribution in [-0.4, -0.2) is 72.9 Å². The van der Waals surface area contributed by atoms with Gasteiger partial charge in [0, 0.05) is 62.7 Å². The molecule has 2 aliphatic heterocycles. The molecule has 3 fully saturated rings. The van der Waals surface area contributed by atoms with Gasteiger partial charge in [-0.25, -0.2) is 14.0 Å². The fourth-order valence-electron chi connectivity index (χ4n) is 4.96. The highest BCUT2D eigenvalue weighted by Crippen LogP contribution is 2.40. The van der Waals surface area contributed by atoms with Gasteiger partial charge in [-0.2, -0.15) is 0 Å². The van der Waals surface area contributed by atoms with E-state index in [0.717, 1.165) is 25.0 Å². The van der Waals surface area contributed by atoms with Crippen LogP contribution < -0.4 is 20.7 Å². The SMILES string of the molecule is CNC(=O)N(C1CC1)[C@H]1CN(C(=O)NCc2ccc(OC(F)(F)F)cc2F)CC2(CNC(=O)C2)C1. The van der Waals surface area contributed by atoms with Crippen LogP contribution >= 0.6 is 0 Å². The molecule has 0 radical (unpaired) electrons. The molecule has 1 aliphatic carbocycles. The van der Waals surface area contributed by atoms with Crippen LogP contribution in [0.5, 0.6) is 5.75 Å². The average Bonchev–Trinajstić information content (AvgIpc) is 3.54. The second kappa shape index (κ2) is 9.42. The first-order valence-electron chi connectivity index (χ1n) is 11.3. The number of carbonyl (C=O) groups is 3. The second-order valence-corrected chi connectivity index (χ2v) is 9.35. The fourth-order valence-corrected chi connectivity index (χ4v) is 4.96. The molecule has 1 saturated carbocycles. The molecule has 1 spiro atoms. The van der Waals surface area contributed by atoms with Gasteiger partial charge in [0.25, 0.3) is 0 Å². The Hall–Kier alpha value is -3.25. The Bertz CT molecular complexity index is 1000. The molecule has 1 aromatic carbocycles. The maximum Gasteiger partial charge on any atom is 0.573 e. The lowest BCUT2D eigenvalue weighted by atomic mass is 9.76. The van der Waals surface area contributed by atoms with Gasteiger partial charge in [0.05, 0.1) is 6.04 Å². The van der Waals surface area contributed by atoms with Gasteiger partial charge >= 0.3 is 18.4 Å². The number of hydrogen-bond acceptors (Lipinski definition) is 4. The van der Waals surface area contributed by atoms with Crippen molar-refractivity contribution in [2.75, 3.05) is 26.7 Å². The van der Waals surface area contributed by atoms with Gasteiger partial charge in [0.2, 0.25) is 5.91 Å². The predicted molar refractivity (Wildman–Crippen MR) is 115 cm³/mol. The predicted octanol–water partition coefficient (Wildman–Crippen LogP) is 2.32. The minimum Gasteiger partial charge on any atom is -0.406 e. The third-order valence-corrected chi connectivity index (χ3v) is 6.58. The largest absolute Gasteiger partial charge is 0.573 e. The van der Waals surface area contributed by atoms with E-state index in [-0.39, 0.29) is 55.6 Å². The van der Waals surface area contributed by atoms with E-state index < -0.39 is 29.4 Å². The first kappa shape index (κ1) is 24.9. The lowest BCUT2D eigenvalue weighted by molar-refractivity contribution is -0.274. The summed E-state index contributed by atoms with van der Waals surface area (Å²) in [6.07, 6.45) is -2.41. The minimum absolute atomic E-state index is 0.0150. The molecule has 2 saturated heterocycles. The number of amides is 5. The molecular weight excluding hydrogens is 474 g/mol. The van der Waals surface area contributed by atoms with Crippen LogP contribution in [-0.2, 0) is 11.3 Å². The van der Waals surface area contributed by atoms with Gasteiger partial charge in [-0.1, -0.05) is 6.07 Å². The van der Waals surface area contributed by atoms with Gasteiger partial charge in [-0.3, -0.25) is 4.79 Å². The van der Waals surface area contributed by atoms with Crippen LogP contribution in [0.1, 0.15) is 31.2 Å². The van der Waals surface area contributed by atoms with Crippen LogP contribution in [0.25, 0.3) is 0 Å². The van der Waals surface area contributed by atoms with E-state index in [1.807, 2.05) is 0 Å². The molecule has 192 valence electrons. The number of ether oxygens (including phenoxy) is 1. The molecule has 2 atom stereocenters. The first-order chi connectivity index (χ1) is 16.5. The molecule has 5 amide bonds. The first-order valence-corrected chi connectivity index (χ1v) is 11.3. The van der Waals surface area contributed by atoms with E-state index >= 15 is 0 Å². The summed E-state index contributed by atoms with van der Waals surface area (Å²) in [5.74, 6) is -1.77. The Kier molecular flexibility index (Phi) is 6.69. The van der Waals surface area contributed by atoms with E-state index in [1.165, 1.54) is 4.90 Å². The molecular formula is C22H27F4N5O4. The van der Waals surface area contributed by atoms with Crippen LogP contribution in [0, 0.1) is 11.2 Å². The lowest BCUT2D eigenvalue weighted by Crippen LogP contribution is -2.61.